The molecule has 0 atom stereocenters. The van der Waals surface area contributed by atoms with Crippen LogP contribution in [-0.2, 0) is 19.1 Å². The molecule has 0 unspecified atom stereocenters. The van der Waals surface area contributed by atoms with E-state index in [9.17, 15) is 27.6 Å². The molecule has 158 valence electrons. The Bertz CT molecular complexity index is 660. The summed E-state index contributed by atoms with van der Waals surface area (Å²) < 4.78 is 45.3. The molecule has 4 aliphatic rings. The van der Waals surface area contributed by atoms with Gasteiger partial charge in [-0.25, -0.2) is 4.79 Å². The van der Waals surface area contributed by atoms with Gasteiger partial charge in [-0.15, -0.1) is 13.2 Å². The molecule has 10 heteroatoms. The number of halogens is 3. The number of carbonyl (C=O) groups excluding carboxylic acids is 3. The average molecular weight is 406 g/mol. The highest BCUT2D eigenvalue weighted by atomic mass is 19.4. The lowest BCUT2D eigenvalue weighted by molar-refractivity contribution is -0.353. The first kappa shape index (κ1) is 20.9. The molecule has 2 N–H and O–H groups in total. The third-order valence-corrected chi connectivity index (χ3v) is 5.55. The number of ketones is 1. The average Bonchev–Trinajstić information content (AvgIpc) is 2.38. The summed E-state index contributed by atoms with van der Waals surface area (Å²) in [6.07, 6.45) is -4.69. The molecule has 2 amide bonds. The van der Waals surface area contributed by atoms with Gasteiger partial charge in [0.15, 0.2) is 5.78 Å². The number of alkyl halides is 3. The Morgan fingerprint density at radius 2 is 1.64 bits per heavy atom. The van der Waals surface area contributed by atoms with E-state index in [0.717, 1.165) is 0 Å². The lowest BCUT2D eigenvalue weighted by atomic mass is 9.39. The highest BCUT2D eigenvalue weighted by Crippen LogP contribution is 2.67. The molecule has 4 aliphatic carbocycles. The van der Waals surface area contributed by atoms with E-state index in [-0.39, 0.29) is 31.1 Å². The van der Waals surface area contributed by atoms with E-state index in [4.69, 9.17) is 4.74 Å². The first-order valence-corrected chi connectivity index (χ1v) is 9.28. The van der Waals surface area contributed by atoms with Gasteiger partial charge in [0.1, 0.15) is 5.60 Å². The minimum absolute atomic E-state index is 0.0161. The Hall–Kier alpha value is -1.84. The second-order valence-corrected chi connectivity index (χ2v) is 9.22. The van der Waals surface area contributed by atoms with Crippen LogP contribution in [0.1, 0.15) is 52.9 Å². The van der Waals surface area contributed by atoms with Crippen molar-refractivity contribution in [2.45, 2.75) is 76.5 Å². The third kappa shape index (κ3) is 4.42. The number of carbonyl (C=O) groups is 3. The zero-order valence-electron chi connectivity index (χ0n) is 16.1. The van der Waals surface area contributed by atoms with E-state index in [1.54, 1.807) is 20.8 Å². The first-order valence-electron chi connectivity index (χ1n) is 9.28. The molecule has 0 spiro atoms. The van der Waals surface area contributed by atoms with Gasteiger partial charge in [-0.2, -0.15) is 0 Å². The van der Waals surface area contributed by atoms with Gasteiger partial charge < -0.3 is 15.4 Å². The number of nitrogens with one attached hydrogen (secondary N) is 2. The Balaban J connectivity index is 1.35. The van der Waals surface area contributed by atoms with Crippen LogP contribution in [0, 0.1) is 11.3 Å². The van der Waals surface area contributed by atoms with Gasteiger partial charge in [-0.1, -0.05) is 0 Å². The normalized spacial score (nSPS) is 33.6. The quantitative estimate of drug-likeness (QED) is 0.707. The predicted octanol–water partition coefficient (Wildman–Crippen LogP) is 2.43. The Kier molecular flexibility index (Phi) is 4.92. The molecule has 0 radical (unpaired) electrons. The fourth-order valence-electron chi connectivity index (χ4n) is 4.29. The van der Waals surface area contributed by atoms with Gasteiger partial charge in [0, 0.05) is 11.5 Å². The molecule has 0 aliphatic heterocycles. The second kappa shape index (κ2) is 6.60. The molecule has 0 aromatic heterocycles. The molecule has 4 saturated carbocycles. The van der Waals surface area contributed by atoms with Crippen LogP contribution in [0.15, 0.2) is 0 Å². The van der Waals surface area contributed by atoms with E-state index < -0.39 is 41.0 Å². The van der Waals surface area contributed by atoms with Crippen molar-refractivity contribution in [2.75, 3.05) is 6.54 Å². The van der Waals surface area contributed by atoms with Crippen LogP contribution < -0.4 is 10.6 Å². The zero-order chi connectivity index (χ0) is 21.0. The molecule has 0 aromatic carbocycles. The van der Waals surface area contributed by atoms with Crippen LogP contribution >= 0.6 is 0 Å². The summed E-state index contributed by atoms with van der Waals surface area (Å²) in [5.74, 6) is -1.06. The lowest BCUT2D eigenvalue weighted by Crippen LogP contribution is -2.78. The van der Waals surface area contributed by atoms with E-state index in [0.29, 0.717) is 19.3 Å². The largest absolute Gasteiger partial charge is 0.522 e. The summed E-state index contributed by atoms with van der Waals surface area (Å²) in [5, 5.41) is 5.39. The van der Waals surface area contributed by atoms with Gasteiger partial charge in [-0.3, -0.25) is 14.3 Å². The SMILES string of the molecule is CC(C)(C)OC(=O)NC12CC(C(=O)NCC(=O)[C@H]3C[C@@H](OC(F)(F)F)C3)(C1)C2. The number of ether oxygens (including phenoxy) is 2. The van der Waals surface area contributed by atoms with Crippen molar-refractivity contribution in [1.82, 2.24) is 10.6 Å². The van der Waals surface area contributed by atoms with Crippen molar-refractivity contribution in [2.24, 2.45) is 11.3 Å². The molecule has 7 nitrogen and oxygen atoms in total. The van der Waals surface area contributed by atoms with Crippen molar-refractivity contribution in [3.8, 4) is 0 Å². The maximum atomic E-state index is 12.3. The molecule has 0 saturated heterocycles. The van der Waals surface area contributed by atoms with Crippen LogP contribution in [0.5, 0.6) is 0 Å². The van der Waals surface area contributed by atoms with Crippen molar-refractivity contribution in [3.05, 3.63) is 0 Å². The van der Waals surface area contributed by atoms with E-state index >= 15 is 0 Å². The minimum Gasteiger partial charge on any atom is -0.444 e. The van der Waals surface area contributed by atoms with E-state index in [1.165, 1.54) is 0 Å². The summed E-state index contributed by atoms with van der Waals surface area (Å²) in [6, 6.07) is 0. The Morgan fingerprint density at radius 3 is 2.14 bits per heavy atom. The molecule has 0 aromatic rings. The third-order valence-electron chi connectivity index (χ3n) is 5.55. The minimum atomic E-state index is -4.69. The maximum absolute atomic E-state index is 12.3. The highest BCUT2D eigenvalue weighted by molar-refractivity contribution is 5.92. The fourth-order valence-corrected chi connectivity index (χ4v) is 4.29. The standard InChI is InChI=1S/C18H25F3N2O5/c1-15(2,3)28-14(26)23-17-7-16(8-17,9-17)13(25)22-6-12(24)10-4-11(5-10)27-18(19,20)21/h10-11H,4-9H2,1-3H3,(H,22,25)(H,23,26)/t10-,11+,16?,17?. The molecule has 4 fully saturated rings. The summed E-state index contributed by atoms with van der Waals surface area (Å²) in [5.41, 5.74) is -1.59. The Morgan fingerprint density at radius 1 is 1.07 bits per heavy atom. The molecular formula is C18H25F3N2O5. The smallest absolute Gasteiger partial charge is 0.444 e. The summed E-state index contributed by atoms with van der Waals surface area (Å²) >= 11 is 0. The monoisotopic (exact) mass is 406 g/mol. The van der Waals surface area contributed by atoms with Gasteiger partial charge >= 0.3 is 12.5 Å². The molecule has 2 bridgehead atoms. The van der Waals surface area contributed by atoms with Crippen molar-refractivity contribution in [1.29, 1.82) is 0 Å². The number of Topliss-reactive ketones (excluding diaryl/α,β-unsaturated/α-hetero) is 1. The van der Waals surface area contributed by atoms with Gasteiger partial charge in [0.2, 0.25) is 5.91 Å². The zero-order valence-corrected chi connectivity index (χ0v) is 16.1. The fraction of sp³-hybridized carbons (Fsp3) is 0.833. The number of rotatable bonds is 6. The molecule has 4 rings (SSSR count). The summed E-state index contributed by atoms with van der Waals surface area (Å²) in [6.45, 7) is 5.09. The van der Waals surface area contributed by atoms with Crippen LogP contribution in [0.3, 0.4) is 0 Å². The summed E-state index contributed by atoms with van der Waals surface area (Å²) in [7, 11) is 0. The van der Waals surface area contributed by atoms with Crippen molar-refractivity contribution < 1.29 is 37.0 Å². The van der Waals surface area contributed by atoms with Crippen molar-refractivity contribution >= 4 is 17.8 Å². The first-order chi connectivity index (χ1) is 12.7. The van der Waals surface area contributed by atoms with Gasteiger partial charge in [0.05, 0.1) is 18.1 Å². The Labute approximate surface area is 160 Å². The number of hydrogen-bond acceptors (Lipinski definition) is 5. The van der Waals surface area contributed by atoms with Crippen LogP contribution in [0.25, 0.3) is 0 Å². The van der Waals surface area contributed by atoms with Crippen molar-refractivity contribution in [3.63, 3.8) is 0 Å². The highest BCUT2D eigenvalue weighted by Gasteiger charge is 2.72. The predicted molar refractivity (Wildman–Crippen MR) is 90.1 cm³/mol. The molecular weight excluding hydrogens is 381 g/mol. The lowest BCUT2D eigenvalue weighted by Gasteiger charge is -2.68. The van der Waals surface area contributed by atoms with E-state index in [2.05, 4.69) is 15.4 Å². The van der Waals surface area contributed by atoms with Crippen LogP contribution in [0.4, 0.5) is 18.0 Å². The number of alkyl carbamates (subject to hydrolysis) is 1. The topological polar surface area (TPSA) is 93.7 Å². The number of hydrogen-bond donors (Lipinski definition) is 2. The molecule has 28 heavy (non-hydrogen) atoms. The van der Waals surface area contributed by atoms with E-state index in [1.807, 2.05) is 0 Å². The molecule has 0 heterocycles. The van der Waals surface area contributed by atoms with Crippen LogP contribution in [-0.4, -0.2) is 47.9 Å². The number of amides is 2. The summed E-state index contributed by atoms with van der Waals surface area (Å²) in [4.78, 5) is 36.2. The van der Waals surface area contributed by atoms with Gasteiger partial charge in [-0.05, 0) is 52.9 Å². The van der Waals surface area contributed by atoms with Gasteiger partial charge in [0.25, 0.3) is 0 Å². The van der Waals surface area contributed by atoms with Crippen LogP contribution in [0.2, 0.25) is 0 Å². The maximum Gasteiger partial charge on any atom is 0.522 e. The second-order valence-electron chi connectivity index (χ2n) is 9.22.